The monoisotopic (exact) mass is 420 g/mol. The second-order valence-electron chi connectivity index (χ2n) is 7.45. The summed E-state index contributed by atoms with van der Waals surface area (Å²) >= 11 is 0. The zero-order chi connectivity index (χ0) is 21.5. The van der Waals surface area contributed by atoms with Crippen LogP contribution in [0, 0.1) is 6.92 Å². The maximum absolute atomic E-state index is 12.6. The lowest BCUT2D eigenvalue weighted by Gasteiger charge is -2.09. The van der Waals surface area contributed by atoms with Crippen molar-refractivity contribution >= 4 is 21.6 Å². The highest BCUT2D eigenvalue weighted by Crippen LogP contribution is 2.36. The van der Waals surface area contributed by atoms with Gasteiger partial charge in [-0.15, -0.1) is 0 Å². The number of fused-ring (bicyclic) bond motifs is 3. The number of carbonyl (C=O) groups excluding carboxylic acids is 2. The van der Waals surface area contributed by atoms with Crippen LogP contribution in [-0.2, 0) is 21.0 Å². The zero-order valence-corrected chi connectivity index (χ0v) is 17.5. The van der Waals surface area contributed by atoms with Crippen LogP contribution in [0.25, 0.3) is 11.1 Å². The molecule has 5 nitrogen and oxygen atoms in total. The van der Waals surface area contributed by atoms with E-state index in [9.17, 15) is 18.0 Å². The van der Waals surface area contributed by atoms with Gasteiger partial charge in [-0.05, 0) is 59.4 Å². The van der Waals surface area contributed by atoms with E-state index in [-0.39, 0.29) is 16.2 Å². The number of aryl methyl sites for hydroxylation is 1. The van der Waals surface area contributed by atoms with Gasteiger partial charge in [-0.2, -0.15) is 0 Å². The first-order chi connectivity index (χ1) is 14.2. The Hall–Kier alpha value is -3.25. The fourth-order valence-corrected chi connectivity index (χ4v) is 4.29. The molecule has 3 aromatic rings. The third-order valence-corrected chi connectivity index (χ3v) is 6.42. The van der Waals surface area contributed by atoms with Crippen LogP contribution in [0.2, 0.25) is 0 Å². The summed E-state index contributed by atoms with van der Waals surface area (Å²) in [5.74, 6) is -1.04. The summed E-state index contributed by atoms with van der Waals surface area (Å²) in [5.41, 5.74) is 5.72. The molecule has 0 aliphatic heterocycles. The molecule has 1 aliphatic carbocycles. The molecule has 0 radical (unpaired) electrons. The molecular weight excluding hydrogens is 400 g/mol. The van der Waals surface area contributed by atoms with E-state index in [1.54, 1.807) is 19.1 Å². The van der Waals surface area contributed by atoms with E-state index >= 15 is 0 Å². The number of benzene rings is 3. The molecule has 0 amide bonds. The first-order valence-corrected chi connectivity index (χ1v) is 11.4. The molecule has 3 aromatic carbocycles. The first-order valence-electron chi connectivity index (χ1n) is 9.46. The summed E-state index contributed by atoms with van der Waals surface area (Å²) < 4.78 is 28.7. The topological polar surface area (TPSA) is 77.5 Å². The Morgan fingerprint density at radius 1 is 0.933 bits per heavy atom. The second kappa shape index (κ2) is 7.54. The summed E-state index contributed by atoms with van der Waals surface area (Å²) in [5, 5.41) is 0. The van der Waals surface area contributed by atoms with E-state index in [1.807, 2.05) is 30.3 Å². The highest BCUT2D eigenvalue weighted by atomic mass is 32.2. The van der Waals surface area contributed by atoms with Gasteiger partial charge in [0, 0.05) is 11.8 Å². The van der Waals surface area contributed by atoms with Gasteiger partial charge in [0.2, 0.25) is 0 Å². The molecule has 1 aliphatic rings. The average molecular weight is 420 g/mol. The van der Waals surface area contributed by atoms with Crippen molar-refractivity contribution in [3.05, 3.63) is 88.5 Å². The van der Waals surface area contributed by atoms with E-state index < -0.39 is 22.4 Å². The van der Waals surface area contributed by atoms with Gasteiger partial charge in [0.15, 0.2) is 22.2 Å². The van der Waals surface area contributed by atoms with E-state index in [0.717, 1.165) is 29.4 Å². The van der Waals surface area contributed by atoms with Gasteiger partial charge in [-0.3, -0.25) is 4.79 Å². The normalized spacial score (nSPS) is 12.2. The first kappa shape index (κ1) is 20.0. The SMILES string of the molecule is Cc1ccc(S(C)(=O)=O)cc1C(=O)OCC(=O)c1ccc2c(c1)-c1ccccc1C2. The lowest BCUT2D eigenvalue weighted by atomic mass is 10.0. The van der Waals surface area contributed by atoms with Gasteiger partial charge < -0.3 is 4.74 Å². The number of carbonyl (C=O) groups is 2. The fraction of sp³-hybridized carbons (Fsp3) is 0.167. The van der Waals surface area contributed by atoms with Crippen LogP contribution in [0.1, 0.15) is 37.4 Å². The molecule has 30 heavy (non-hydrogen) atoms. The van der Waals surface area contributed by atoms with E-state index in [2.05, 4.69) is 6.07 Å². The Bertz CT molecular complexity index is 1290. The van der Waals surface area contributed by atoms with Crippen LogP contribution in [0.4, 0.5) is 0 Å². The summed E-state index contributed by atoms with van der Waals surface area (Å²) in [6.07, 6.45) is 1.91. The molecule has 0 N–H and O–H groups in total. The Balaban J connectivity index is 1.51. The van der Waals surface area contributed by atoms with Crippen LogP contribution in [0.5, 0.6) is 0 Å². The molecule has 0 saturated heterocycles. The Kier molecular flexibility index (Phi) is 5.03. The van der Waals surface area contributed by atoms with E-state index in [1.165, 1.54) is 17.7 Å². The van der Waals surface area contributed by atoms with Crippen LogP contribution in [0.3, 0.4) is 0 Å². The largest absolute Gasteiger partial charge is 0.454 e. The summed E-state index contributed by atoms with van der Waals surface area (Å²) in [7, 11) is -3.45. The third-order valence-electron chi connectivity index (χ3n) is 5.31. The fourth-order valence-electron chi connectivity index (χ4n) is 3.64. The molecule has 0 atom stereocenters. The lowest BCUT2D eigenvalue weighted by molar-refractivity contribution is 0.0473. The van der Waals surface area contributed by atoms with Crippen molar-refractivity contribution in [3.63, 3.8) is 0 Å². The van der Waals surface area contributed by atoms with Crippen molar-refractivity contribution in [3.8, 4) is 11.1 Å². The van der Waals surface area contributed by atoms with Gasteiger partial charge in [-0.1, -0.05) is 42.5 Å². The number of hydrogen-bond acceptors (Lipinski definition) is 5. The zero-order valence-electron chi connectivity index (χ0n) is 16.6. The lowest BCUT2D eigenvalue weighted by Crippen LogP contribution is -2.15. The van der Waals surface area contributed by atoms with Crippen LogP contribution in [0.15, 0.2) is 65.6 Å². The van der Waals surface area contributed by atoms with E-state index in [4.69, 9.17) is 4.74 Å². The predicted molar refractivity (Wildman–Crippen MR) is 114 cm³/mol. The van der Waals surface area contributed by atoms with Gasteiger partial charge in [-0.25, -0.2) is 13.2 Å². The number of rotatable bonds is 5. The van der Waals surface area contributed by atoms with Crippen LogP contribution in [-0.4, -0.2) is 33.0 Å². The second-order valence-corrected chi connectivity index (χ2v) is 9.47. The van der Waals surface area contributed by atoms with Crippen LogP contribution < -0.4 is 0 Å². The number of sulfone groups is 1. The predicted octanol–water partition coefficient (Wildman–Crippen LogP) is 4.01. The minimum atomic E-state index is -3.45. The Morgan fingerprint density at radius 2 is 1.67 bits per heavy atom. The summed E-state index contributed by atoms with van der Waals surface area (Å²) in [4.78, 5) is 25.1. The molecule has 0 saturated carbocycles. The molecule has 6 heteroatoms. The molecule has 0 aromatic heterocycles. The number of hydrogen-bond donors (Lipinski definition) is 0. The highest BCUT2D eigenvalue weighted by molar-refractivity contribution is 7.90. The summed E-state index contributed by atoms with van der Waals surface area (Å²) in [6, 6.07) is 17.9. The van der Waals surface area contributed by atoms with Crippen molar-refractivity contribution < 1.29 is 22.7 Å². The van der Waals surface area contributed by atoms with Gasteiger partial charge in [0.05, 0.1) is 10.5 Å². The van der Waals surface area contributed by atoms with Crippen LogP contribution >= 0.6 is 0 Å². The molecule has 0 bridgehead atoms. The summed E-state index contributed by atoms with van der Waals surface area (Å²) in [6.45, 7) is 1.27. The number of ketones is 1. The van der Waals surface area contributed by atoms with Crippen molar-refractivity contribution in [2.45, 2.75) is 18.2 Å². The van der Waals surface area contributed by atoms with Crippen molar-refractivity contribution in [1.82, 2.24) is 0 Å². The number of Topliss-reactive ketones (excluding diaryl/α,β-unsaturated/α-hetero) is 1. The smallest absolute Gasteiger partial charge is 0.338 e. The Labute approximate surface area is 175 Å². The van der Waals surface area contributed by atoms with Crippen molar-refractivity contribution in [1.29, 1.82) is 0 Å². The number of ether oxygens (including phenoxy) is 1. The molecule has 152 valence electrons. The molecule has 0 spiro atoms. The molecule has 0 heterocycles. The van der Waals surface area contributed by atoms with Gasteiger partial charge in [0.25, 0.3) is 0 Å². The quantitative estimate of drug-likeness (QED) is 0.360. The minimum absolute atomic E-state index is 0.0312. The number of esters is 1. The molecule has 0 fully saturated rings. The van der Waals surface area contributed by atoms with Crippen molar-refractivity contribution in [2.75, 3.05) is 12.9 Å². The maximum Gasteiger partial charge on any atom is 0.338 e. The van der Waals surface area contributed by atoms with Gasteiger partial charge in [0.1, 0.15) is 0 Å². The third kappa shape index (κ3) is 3.78. The van der Waals surface area contributed by atoms with Crippen molar-refractivity contribution in [2.24, 2.45) is 0 Å². The highest BCUT2D eigenvalue weighted by Gasteiger charge is 2.21. The maximum atomic E-state index is 12.6. The molecule has 4 rings (SSSR count). The average Bonchev–Trinajstić information content (AvgIpc) is 3.09. The standard InChI is InChI=1S/C24H20O5S/c1-15-7-10-19(30(2,27)28)13-21(15)24(26)29-14-23(25)18-9-8-17-11-16-5-3-4-6-20(16)22(17)12-18/h3-10,12-13H,11,14H2,1-2H3. The minimum Gasteiger partial charge on any atom is -0.454 e. The molecular formula is C24H20O5S. The van der Waals surface area contributed by atoms with Gasteiger partial charge >= 0.3 is 5.97 Å². The molecule has 0 unspecified atom stereocenters. The Morgan fingerprint density at radius 3 is 2.43 bits per heavy atom. The van der Waals surface area contributed by atoms with E-state index in [0.29, 0.717) is 11.1 Å².